The lowest BCUT2D eigenvalue weighted by Crippen LogP contribution is -2.49. The molecule has 0 bridgehead atoms. The maximum atomic E-state index is 12.2. The number of fused-ring (bicyclic) bond motifs is 2. The van der Waals surface area contributed by atoms with Crippen LogP contribution in [0.4, 0.5) is 0 Å². The van der Waals surface area contributed by atoms with Crippen LogP contribution in [0.5, 0.6) is 0 Å². The third kappa shape index (κ3) is 0.789. The van der Waals surface area contributed by atoms with E-state index in [0.717, 1.165) is 6.42 Å². The fourth-order valence-electron chi connectivity index (χ4n) is 2.85. The Bertz CT molecular complexity index is 306. The Kier molecular flexibility index (Phi) is 1.41. The van der Waals surface area contributed by atoms with E-state index in [1.807, 2.05) is 6.92 Å². The van der Waals surface area contributed by atoms with Crippen molar-refractivity contribution in [3.8, 4) is 0 Å². The van der Waals surface area contributed by atoms with Gasteiger partial charge >= 0.3 is 0 Å². The van der Waals surface area contributed by atoms with E-state index in [1.165, 1.54) is 0 Å². The normalized spacial score (nSPS) is 55.0. The molecule has 2 heterocycles. The minimum Gasteiger partial charge on any atom is -0.363 e. The fraction of sp³-hybridized carbons (Fsp3) is 0.909. The number of rotatable bonds is 1. The number of ketones is 1. The highest BCUT2D eigenvalue weighted by Crippen LogP contribution is 2.61. The van der Waals surface area contributed by atoms with E-state index in [-0.39, 0.29) is 23.4 Å². The standard InChI is InChI=1S/C11H16O3/c1-6(2)7-4-8-10(3,14-8)11(5-13-11)9(7)12/h6-8H,4-5H2,1-3H3/t7?,8-,10-,11-/m1/s1. The van der Waals surface area contributed by atoms with Gasteiger partial charge in [0.2, 0.25) is 0 Å². The highest BCUT2D eigenvalue weighted by Gasteiger charge is 2.79. The molecular weight excluding hydrogens is 180 g/mol. The van der Waals surface area contributed by atoms with Gasteiger partial charge < -0.3 is 9.47 Å². The Morgan fingerprint density at radius 3 is 2.64 bits per heavy atom. The van der Waals surface area contributed by atoms with Gasteiger partial charge in [-0.1, -0.05) is 13.8 Å². The predicted octanol–water partition coefficient (Wildman–Crippen LogP) is 1.16. The molecule has 0 radical (unpaired) electrons. The van der Waals surface area contributed by atoms with Crippen LogP contribution in [-0.4, -0.2) is 29.7 Å². The highest BCUT2D eigenvalue weighted by atomic mass is 16.7. The summed E-state index contributed by atoms with van der Waals surface area (Å²) in [5, 5.41) is 0. The Hall–Kier alpha value is -0.410. The number of hydrogen-bond donors (Lipinski definition) is 0. The van der Waals surface area contributed by atoms with Crippen molar-refractivity contribution in [1.82, 2.24) is 0 Å². The summed E-state index contributed by atoms with van der Waals surface area (Å²) in [7, 11) is 0. The number of epoxide rings is 2. The van der Waals surface area contributed by atoms with Gasteiger partial charge in [-0.25, -0.2) is 0 Å². The molecule has 3 nitrogen and oxygen atoms in total. The summed E-state index contributed by atoms with van der Waals surface area (Å²) in [5.41, 5.74) is -0.833. The maximum Gasteiger partial charge on any atom is 0.181 e. The van der Waals surface area contributed by atoms with Gasteiger partial charge in [-0.15, -0.1) is 0 Å². The molecule has 2 aliphatic heterocycles. The molecule has 78 valence electrons. The molecular formula is C11H16O3. The van der Waals surface area contributed by atoms with Crippen LogP contribution in [-0.2, 0) is 14.3 Å². The molecule has 14 heavy (non-hydrogen) atoms. The molecule has 3 rings (SSSR count). The van der Waals surface area contributed by atoms with Gasteiger partial charge in [-0.2, -0.15) is 0 Å². The van der Waals surface area contributed by atoms with Crippen molar-refractivity contribution in [3.63, 3.8) is 0 Å². The van der Waals surface area contributed by atoms with Gasteiger partial charge in [0.05, 0.1) is 12.7 Å². The largest absolute Gasteiger partial charge is 0.363 e. The first-order valence-electron chi connectivity index (χ1n) is 5.37. The maximum absolute atomic E-state index is 12.2. The SMILES string of the molecule is CC(C)C1C[C@H]2O[C@@]2(C)[C@@]2(CO2)C1=O. The second kappa shape index (κ2) is 2.22. The average Bonchev–Trinajstić information content (AvgIpc) is 2.94. The molecule has 1 saturated carbocycles. The molecule has 4 atom stereocenters. The Morgan fingerprint density at radius 1 is 1.50 bits per heavy atom. The van der Waals surface area contributed by atoms with Crippen LogP contribution in [0.1, 0.15) is 27.2 Å². The number of carbonyl (C=O) groups excluding carboxylic acids is 1. The van der Waals surface area contributed by atoms with Gasteiger partial charge in [0.1, 0.15) is 5.60 Å². The van der Waals surface area contributed by atoms with Gasteiger partial charge in [0.25, 0.3) is 0 Å². The van der Waals surface area contributed by atoms with Crippen LogP contribution in [0, 0.1) is 11.8 Å². The summed E-state index contributed by atoms with van der Waals surface area (Å²) in [6.45, 7) is 6.79. The van der Waals surface area contributed by atoms with Crippen LogP contribution in [0.25, 0.3) is 0 Å². The molecule has 0 aromatic rings. The first-order chi connectivity index (χ1) is 6.51. The summed E-state index contributed by atoms with van der Waals surface area (Å²) in [4.78, 5) is 12.2. The van der Waals surface area contributed by atoms with Crippen molar-refractivity contribution < 1.29 is 14.3 Å². The van der Waals surface area contributed by atoms with Gasteiger partial charge in [0.15, 0.2) is 11.4 Å². The molecule has 0 aromatic carbocycles. The first kappa shape index (κ1) is 8.86. The minimum absolute atomic E-state index is 0.137. The Morgan fingerprint density at radius 2 is 2.14 bits per heavy atom. The second-order valence-electron chi connectivity index (χ2n) is 5.28. The molecule has 3 heteroatoms. The van der Waals surface area contributed by atoms with Gasteiger partial charge in [-0.3, -0.25) is 4.79 Å². The van der Waals surface area contributed by atoms with Crippen molar-refractivity contribution in [2.75, 3.05) is 6.61 Å². The second-order valence-corrected chi connectivity index (χ2v) is 5.28. The number of carbonyl (C=O) groups is 1. The molecule has 3 fully saturated rings. The van der Waals surface area contributed by atoms with Crippen LogP contribution in [0.2, 0.25) is 0 Å². The van der Waals surface area contributed by atoms with Gasteiger partial charge in [-0.05, 0) is 19.3 Å². The summed E-state index contributed by atoms with van der Waals surface area (Å²) in [5.74, 6) is 0.819. The van der Waals surface area contributed by atoms with Crippen molar-refractivity contribution in [2.45, 2.75) is 44.5 Å². The number of ether oxygens (including phenoxy) is 2. The Balaban J connectivity index is 1.94. The quantitative estimate of drug-likeness (QED) is 0.591. The minimum atomic E-state index is -0.551. The van der Waals surface area contributed by atoms with Crippen LogP contribution in [0.3, 0.4) is 0 Å². The van der Waals surface area contributed by atoms with E-state index in [0.29, 0.717) is 12.5 Å². The zero-order valence-electron chi connectivity index (χ0n) is 8.87. The predicted molar refractivity (Wildman–Crippen MR) is 49.9 cm³/mol. The molecule has 0 amide bonds. The average molecular weight is 196 g/mol. The number of Topliss-reactive ketones (excluding diaryl/α,β-unsaturated/α-hetero) is 1. The lowest BCUT2D eigenvalue weighted by Gasteiger charge is -2.29. The fourth-order valence-corrected chi connectivity index (χ4v) is 2.85. The molecule has 2 saturated heterocycles. The lowest BCUT2D eigenvalue weighted by atomic mass is 9.70. The van der Waals surface area contributed by atoms with Gasteiger partial charge in [0, 0.05) is 5.92 Å². The lowest BCUT2D eigenvalue weighted by molar-refractivity contribution is -0.133. The van der Waals surface area contributed by atoms with Crippen molar-refractivity contribution >= 4 is 5.78 Å². The number of hydrogen-bond acceptors (Lipinski definition) is 3. The van der Waals surface area contributed by atoms with Crippen molar-refractivity contribution in [2.24, 2.45) is 11.8 Å². The molecule has 1 spiro atoms. The van der Waals surface area contributed by atoms with Crippen molar-refractivity contribution in [3.05, 3.63) is 0 Å². The summed E-state index contributed by atoms with van der Waals surface area (Å²) in [6.07, 6.45) is 1.15. The first-order valence-corrected chi connectivity index (χ1v) is 5.37. The van der Waals surface area contributed by atoms with E-state index in [4.69, 9.17) is 9.47 Å². The van der Waals surface area contributed by atoms with Crippen LogP contribution >= 0.6 is 0 Å². The smallest absolute Gasteiger partial charge is 0.181 e. The topological polar surface area (TPSA) is 42.1 Å². The van der Waals surface area contributed by atoms with E-state index in [2.05, 4.69) is 13.8 Å². The van der Waals surface area contributed by atoms with E-state index in [1.54, 1.807) is 0 Å². The summed E-state index contributed by atoms with van der Waals surface area (Å²) >= 11 is 0. The monoisotopic (exact) mass is 196 g/mol. The van der Waals surface area contributed by atoms with E-state index < -0.39 is 5.60 Å². The Labute approximate surface area is 83.8 Å². The van der Waals surface area contributed by atoms with E-state index >= 15 is 0 Å². The molecule has 1 unspecified atom stereocenters. The van der Waals surface area contributed by atoms with E-state index in [9.17, 15) is 4.79 Å². The zero-order chi connectivity index (χ0) is 10.1. The highest BCUT2D eigenvalue weighted by molar-refractivity contribution is 5.95. The molecule has 1 aliphatic carbocycles. The third-order valence-electron chi connectivity index (χ3n) is 4.19. The zero-order valence-corrected chi connectivity index (χ0v) is 8.87. The molecule has 0 N–H and O–H groups in total. The van der Waals surface area contributed by atoms with Crippen LogP contribution in [0.15, 0.2) is 0 Å². The summed E-state index contributed by atoms with van der Waals surface area (Å²) in [6, 6.07) is 0. The van der Waals surface area contributed by atoms with Crippen molar-refractivity contribution in [1.29, 1.82) is 0 Å². The molecule has 0 aromatic heterocycles. The summed E-state index contributed by atoms with van der Waals surface area (Å²) < 4.78 is 11.1. The third-order valence-corrected chi connectivity index (χ3v) is 4.19. The molecule has 3 aliphatic rings. The van der Waals surface area contributed by atoms with Crippen LogP contribution < -0.4 is 0 Å².